The molecule has 3 rings (SSSR count). The number of rotatable bonds is 2. The number of hydrogen-bond acceptors (Lipinski definition) is 8. The van der Waals surface area contributed by atoms with E-state index in [1.165, 1.54) is 10.9 Å². The summed E-state index contributed by atoms with van der Waals surface area (Å²) >= 11 is 0. The number of nitrogens with one attached hydrogen (secondary N) is 2. The smallest absolute Gasteiger partial charge is 0.277 e. The summed E-state index contributed by atoms with van der Waals surface area (Å²) in [6.07, 6.45) is 1.94. The van der Waals surface area contributed by atoms with Crippen LogP contribution in [0.3, 0.4) is 0 Å². The summed E-state index contributed by atoms with van der Waals surface area (Å²) in [5, 5.41) is 34.1. The van der Waals surface area contributed by atoms with Crippen LogP contribution in [0.15, 0.2) is 6.33 Å². The minimum atomic E-state index is -1.61. The van der Waals surface area contributed by atoms with Crippen LogP contribution in [0.1, 0.15) is 16.7 Å². The van der Waals surface area contributed by atoms with Gasteiger partial charge in [0.2, 0.25) is 5.79 Å². The third-order valence-corrected chi connectivity index (χ3v) is 3.65. The molecule has 1 amide bonds. The lowest BCUT2D eigenvalue weighted by molar-refractivity contribution is -0.0520. The molecule has 1 fully saturated rings. The number of ether oxygens (including phenoxy) is 1. The number of terminal acetylenes is 1. The van der Waals surface area contributed by atoms with Gasteiger partial charge < -0.3 is 30.7 Å². The van der Waals surface area contributed by atoms with Gasteiger partial charge in [-0.15, -0.1) is 6.42 Å². The average Bonchev–Trinajstić information content (AvgIpc) is 3.02. The number of nitrogens with two attached hydrogens (primary N) is 1. The van der Waals surface area contributed by atoms with Gasteiger partial charge in [0.1, 0.15) is 24.1 Å². The zero-order valence-corrected chi connectivity index (χ0v) is 11.3. The molecule has 0 unspecified atom stereocenters. The molecule has 5 atom stereocenters. The summed E-state index contributed by atoms with van der Waals surface area (Å²) in [7, 11) is 0. The first-order chi connectivity index (χ1) is 10.4. The lowest BCUT2D eigenvalue weighted by atomic mass is 10.1. The first-order valence-electron chi connectivity index (χ1n) is 6.47. The molecule has 1 saturated heterocycles. The van der Waals surface area contributed by atoms with Crippen molar-refractivity contribution in [1.29, 1.82) is 0 Å². The number of nitrogens with zero attached hydrogens (tertiary/aromatic N) is 2. The topological polar surface area (TPSA) is 155 Å². The van der Waals surface area contributed by atoms with Gasteiger partial charge in [0.25, 0.3) is 5.91 Å². The van der Waals surface area contributed by atoms with E-state index in [4.69, 9.17) is 22.0 Å². The predicted octanol–water partition coefficient (Wildman–Crippen LogP) is -3.10. The fourth-order valence-electron chi connectivity index (χ4n) is 2.48. The molecule has 1 aromatic heterocycles. The Hall–Kier alpha value is -2.16. The van der Waals surface area contributed by atoms with Gasteiger partial charge in [-0.1, -0.05) is 0 Å². The number of aliphatic hydroxyl groups excluding tert-OH is 3. The molecule has 0 bridgehead atoms. The summed E-state index contributed by atoms with van der Waals surface area (Å²) in [5.74, 6) is 0.158. The van der Waals surface area contributed by atoms with Gasteiger partial charge in [-0.25, -0.2) is 4.98 Å². The molecule has 2 aliphatic rings. The van der Waals surface area contributed by atoms with E-state index in [1.54, 1.807) is 0 Å². The van der Waals surface area contributed by atoms with Crippen molar-refractivity contribution in [1.82, 2.24) is 14.9 Å². The van der Waals surface area contributed by atoms with Crippen molar-refractivity contribution in [3.8, 4) is 12.3 Å². The molecule has 0 radical (unpaired) electrons. The SMILES string of the molecule is C#C[C@@]1(N)NC(=O)c2ncn([C@@H]3O[C@H](CO)[C@@H](O)[C@H]3O)c2N1. The Bertz CT molecular complexity index is 655. The van der Waals surface area contributed by atoms with E-state index in [9.17, 15) is 15.0 Å². The lowest BCUT2D eigenvalue weighted by Crippen LogP contribution is -2.63. The molecule has 22 heavy (non-hydrogen) atoms. The van der Waals surface area contributed by atoms with E-state index in [-0.39, 0.29) is 11.5 Å². The van der Waals surface area contributed by atoms with Crippen molar-refractivity contribution in [2.75, 3.05) is 11.9 Å². The van der Waals surface area contributed by atoms with E-state index in [0.717, 1.165) is 0 Å². The normalized spacial score (nSPS) is 37.1. The molecule has 0 aliphatic carbocycles. The van der Waals surface area contributed by atoms with Crippen molar-refractivity contribution in [2.24, 2.45) is 5.73 Å². The summed E-state index contributed by atoms with van der Waals surface area (Å²) in [6.45, 7) is -0.468. The molecule has 0 spiro atoms. The van der Waals surface area contributed by atoms with Gasteiger partial charge in [-0.05, 0) is 5.92 Å². The molecule has 1 aromatic rings. The van der Waals surface area contributed by atoms with Crippen LogP contribution in [0, 0.1) is 12.3 Å². The van der Waals surface area contributed by atoms with Crippen molar-refractivity contribution < 1.29 is 24.9 Å². The molecular weight excluding hydrogens is 294 g/mol. The maximum atomic E-state index is 12.0. The Balaban J connectivity index is 1.99. The fourth-order valence-corrected chi connectivity index (χ4v) is 2.48. The van der Waals surface area contributed by atoms with Gasteiger partial charge in [0, 0.05) is 0 Å². The van der Waals surface area contributed by atoms with E-state index in [0.29, 0.717) is 0 Å². The van der Waals surface area contributed by atoms with Gasteiger partial charge in [-0.2, -0.15) is 0 Å². The molecule has 10 heteroatoms. The number of aliphatic hydroxyl groups is 3. The molecule has 0 aromatic carbocycles. The van der Waals surface area contributed by atoms with Crippen molar-refractivity contribution >= 4 is 11.7 Å². The minimum absolute atomic E-state index is 0.0223. The van der Waals surface area contributed by atoms with Crippen LogP contribution in [0.5, 0.6) is 0 Å². The Labute approximate surface area is 124 Å². The molecule has 10 nitrogen and oxygen atoms in total. The lowest BCUT2D eigenvalue weighted by Gasteiger charge is -2.32. The summed E-state index contributed by atoms with van der Waals surface area (Å²) in [4.78, 5) is 15.9. The number of carbonyl (C=O) groups is 1. The number of amides is 1. The number of anilines is 1. The predicted molar refractivity (Wildman–Crippen MR) is 72.1 cm³/mol. The van der Waals surface area contributed by atoms with Crippen molar-refractivity contribution in [3.05, 3.63) is 12.0 Å². The highest BCUT2D eigenvalue weighted by atomic mass is 16.6. The van der Waals surface area contributed by atoms with E-state index >= 15 is 0 Å². The quantitative estimate of drug-likeness (QED) is 0.314. The van der Waals surface area contributed by atoms with E-state index < -0.39 is 42.8 Å². The number of fused-ring (bicyclic) bond motifs is 1. The third-order valence-electron chi connectivity index (χ3n) is 3.65. The molecule has 0 saturated carbocycles. The van der Waals surface area contributed by atoms with Gasteiger partial charge in [0.05, 0.1) is 12.9 Å². The van der Waals surface area contributed by atoms with Crippen LogP contribution in [0.25, 0.3) is 0 Å². The monoisotopic (exact) mass is 309 g/mol. The van der Waals surface area contributed by atoms with Gasteiger partial charge in [0.15, 0.2) is 11.9 Å². The number of hydrogen-bond donors (Lipinski definition) is 6. The third kappa shape index (κ3) is 2.04. The van der Waals surface area contributed by atoms with Crippen LogP contribution in [-0.4, -0.2) is 61.5 Å². The Morgan fingerprint density at radius 3 is 2.82 bits per heavy atom. The second kappa shape index (κ2) is 4.94. The van der Waals surface area contributed by atoms with Crippen LogP contribution < -0.4 is 16.4 Å². The number of imidazole rings is 1. The van der Waals surface area contributed by atoms with Crippen LogP contribution in [-0.2, 0) is 4.74 Å². The zero-order valence-electron chi connectivity index (χ0n) is 11.3. The number of aromatic nitrogens is 2. The second-order valence-electron chi connectivity index (χ2n) is 5.11. The van der Waals surface area contributed by atoms with E-state index in [2.05, 4.69) is 21.5 Å². The van der Waals surface area contributed by atoms with Crippen LogP contribution in [0.4, 0.5) is 5.82 Å². The van der Waals surface area contributed by atoms with Crippen molar-refractivity contribution in [3.63, 3.8) is 0 Å². The summed E-state index contributed by atoms with van der Waals surface area (Å²) in [5.41, 5.74) is 5.82. The zero-order chi connectivity index (χ0) is 16.1. The molecule has 3 heterocycles. The summed E-state index contributed by atoms with van der Waals surface area (Å²) in [6, 6.07) is 0. The molecule has 7 N–H and O–H groups in total. The van der Waals surface area contributed by atoms with Crippen molar-refractivity contribution in [2.45, 2.75) is 30.3 Å². The van der Waals surface area contributed by atoms with E-state index in [1.807, 2.05) is 0 Å². The van der Waals surface area contributed by atoms with Crippen LogP contribution in [0.2, 0.25) is 0 Å². The van der Waals surface area contributed by atoms with Gasteiger partial charge >= 0.3 is 0 Å². The Morgan fingerprint density at radius 2 is 2.23 bits per heavy atom. The highest BCUT2D eigenvalue weighted by Crippen LogP contribution is 2.34. The molecule has 2 aliphatic heterocycles. The highest BCUT2D eigenvalue weighted by molar-refractivity contribution is 6.00. The maximum absolute atomic E-state index is 12.0. The van der Waals surface area contributed by atoms with Crippen LogP contribution >= 0.6 is 0 Å². The largest absolute Gasteiger partial charge is 0.394 e. The molecule has 118 valence electrons. The first kappa shape index (κ1) is 14.8. The number of carbonyl (C=O) groups excluding carboxylic acids is 1. The fraction of sp³-hybridized carbons (Fsp3) is 0.500. The molecular formula is C12H15N5O5. The Kier molecular flexibility index (Phi) is 3.32. The minimum Gasteiger partial charge on any atom is -0.394 e. The highest BCUT2D eigenvalue weighted by Gasteiger charge is 2.46. The standard InChI is InChI=1S/C12H15N5O5/c1-2-12(13)15-9-6(10(21)16-12)14-4-17(9)11-8(20)7(19)5(3-18)22-11/h1,4-5,7-8,11,15,18-20H,3,13H2,(H,16,21)/t5-,7-,8-,11-,12+/m1/s1. The summed E-state index contributed by atoms with van der Waals surface area (Å²) < 4.78 is 6.69. The average molecular weight is 309 g/mol. The maximum Gasteiger partial charge on any atom is 0.277 e. The second-order valence-corrected chi connectivity index (χ2v) is 5.11. The van der Waals surface area contributed by atoms with Gasteiger partial charge in [-0.3, -0.25) is 15.1 Å². The first-order valence-corrected chi connectivity index (χ1v) is 6.47. The Morgan fingerprint density at radius 1 is 1.50 bits per heavy atom.